The Morgan fingerprint density at radius 2 is 1.83 bits per heavy atom. The maximum Gasteiger partial charge on any atom is 0.122 e. The zero-order valence-electron chi connectivity index (χ0n) is 12.2. The van der Waals surface area contributed by atoms with Gasteiger partial charge in [0.1, 0.15) is 5.75 Å². The molecule has 0 aliphatic carbocycles. The first-order valence-corrected chi connectivity index (χ1v) is 6.52. The Balaban J connectivity index is 3.13. The highest BCUT2D eigenvalue weighted by atomic mass is 16.5. The third kappa shape index (κ3) is 3.03. The molecule has 0 spiro atoms. The van der Waals surface area contributed by atoms with Gasteiger partial charge >= 0.3 is 0 Å². The largest absolute Gasteiger partial charge is 0.496 e. The lowest BCUT2D eigenvalue weighted by atomic mass is 9.88. The van der Waals surface area contributed by atoms with E-state index in [0.29, 0.717) is 12.5 Å². The van der Waals surface area contributed by atoms with Crippen LogP contribution in [0.15, 0.2) is 6.07 Å². The molecule has 4 N–H and O–H groups in total. The zero-order valence-corrected chi connectivity index (χ0v) is 12.2. The first-order valence-electron chi connectivity index (χ1n) is 6.52. The van der Waals surface area contributed by atoms with Crippen molar-refractivity contribution in [2.45, 2.75) is 40.2 Å². The second-order valence-corrected chi connectivity index (χ2v) is 5.24. The van der Waals surface area contributed by atoms with Crippen LogP contribution in [0.1, 0.15) is 41.6 Å². The van der Waals surface area contributed by atoms with Gasteiger partial charge in [-0.2, -0.15) is 0 Å². The molecule has 2 atom stereocenters. The first-order chi connectivity index (χ1) is 8.42. The van der Waals surface area contributed by atoms with Crippen molar-refractivity contribution >= 4 is 0 Å². The molecule has 0 saturated heterocycles. The molecule has 1 aromatic carbocycles. The van der Waals surface area contributed by atoms with Gasteiger partial charge in [0.05, 0.1) is 7.11 Å². The summed E-state index contributed by atoms with van der Waals surface area (Å²) in [5.41, 5.74) is 16.9. The van der Waals surface area contributed by atoms with E-state index in [1.807, 2.05) is 0 Å². The molecule has 0 aliphatic heterocycles. The van der Waals surface area contributed by atoms with Crippen molar-refractivity contribution in [2.75, 3.05) is 13.7 Å². The van der Waals surface area contributed by atoms with Gasteiger partial charge in [-0.25, -0.2) is 0 Å². The Kier molecular flexibility index (Phi) is 5.17. The maximum absolute atomic E-state index is 6.34. The predicted molar refractivity (Wildman–Crippen MR) is 77.0 cm³/mol. The van der Waals surface area contributed by atoms with Crippen LogP contribution < -0.4 is 16.2 Å². The van der Waals surface area contributed by atoms with Crippen molar-refractivity contribution in [1.29, 1.82) is 0 Å². The molecule has 0 aromatic heterocycles. The first kappa shape index (κ1) is 15.0. The van der Waals surface area contributed by atoms with Crippen LogP contribution in [0.5, 0.6) is 5.75 Å². The van der Waals surface area contributed by atoms with Gasteiger partial charge in [-0.3, -0.25) is 0 Å². The SMILES string of the molecule is COc1cc(C)c(C(N)CC(C)CN)c(C)c1C. The average Bonchev–Trinajstić information content (AvgIpc) is 2.33. The van der Waals surface area contributed by atoms with E-state index in [1.165, 1.54) is 22.3 Å². The van der Waals surface area contributed by atoms with Crippen LogP contribution in [0.2, 0.25) is 0 Å². The van der Waals surface area contributed by atoms with Gasteiger partial charge in [-0.1, -0.05) is 6.92 Å². The Hall–Kier alpha value is -1.06. The van der Waals surface area contributed by atoms with Crippen LogP contribution >= 0.6 is 0 Å². The summed E-state index contributed by atoms with van der Waals surface area (Å²) in [6, 6.07) is 2.12. The average molecular weight is 250 g/mol. The minimum Gasteiger partial charge on any atom is -0.496 e. The van der Waals surface area contributed by atoms with E-state index < -0.39 is 0 Å². The van der Waals surface area contributed by atoms with Crippen molar-refractivity contribution in [3.63, 3.8) is 0 Å². The Morgan fingerprint density at radius 1 is 1.22 bits per heavy atom. The molecular formula is C15H26N2O. The van der Waals surface area contributed by atoms with Crippen molar-refractivity contribution in [1.82, 2.24) is 0 Å². The molecule has 0 saturated carbocycles. The molecule has 102 valence electrons. The van der Waals surface area contributed by atoms with Gasteiger partial charge in [0.2, 0.25) is 0 Å². The maximum atomic E-state index is 6.34. The van der Waals surface area contributed by atoms with E-state index >= 15 is 0 Å². The van der Waals surface area contributed by atoms with Crippen LogP contribution in [-0.2, 0) is 0 Å². The number of ether oxygens (including phenoxy) is 1. The highest BCUT2D eigenvalue weighted by Gasteiger charge is 2.18. The third-order valence-corrected chi connectivity index (χ3v) is 3.76. The summed E-state index contributed by atoms with van der Waals surface area (Å²) >= 11 is 0. The van der Waals surface area contributed by atoms with E-state index in [1.54, 1.807) is 7.11 Å². The number of rotatable bonds is 5. The second-order valence-electron chi connectivity index (χ2n) is 5.24. The summed E-state index contributed by atoms with van der Waals surface area (Å²) in [6.45, 7) is 9.11. The molecule has 0 radical (unpaired) electrons. The molecule has 0 amide bonds. The molecule has 0 bridgehead atoms. The Labute approximate surface area is 111 Å². The van der Waals surface area contributed by atoms with Crippen LogP contribution in [0.3, 0.4) is 0 Å². The number of aryl methyl sites for hydroxylation is 1. The molecule has 0 heterocycles. The fraction of sp³-hybridized carbons (Fsp3) is 0.600. The number of methoxy groups -OCH3 is 1. The molecule has 0 aliphatic rings. The highest BCUT2D eigenvalue weighted by Crippen LogP contribution is 2.32. The summed E-state index contributed by atoms with van der Waals surface area (Å²) < 4.78 is 5.38. The topological polar surface area (TPSA) is 61.3 Å². The molecule has 1 rings (SSSR count). The van der Waals surface area contributed by atoms with Gasteiger partial charge in [-0.15, -0.1) is 0 Å². The number of nitrogens with two attached hydrogens (primary N) is 2. The summed E-state index contributed by atoms with van der Waals surface area (Å²) in [6.07, 6.45) is 0.921. The van der Waals surface area contributed by atoms with Crippen LogP contribution in [0.4, 0.5) is 0 Å². The molecule has 3 nitrogen and oxygen atoms in total. The summed E-state index contributed by atoms with van der Waals surface area (Å²) in [4.78, 5) is 0. The number of benzene rings is 1. The Bertz CT molecular complexity index is 415. The van der Waals surface area contributed by atoms with E-state index in [4.69, 9.17) is 16.2 Å². The van der Waals surface area contributed by atoms with Gasteiger partial charge in [0, 0.05) is 6.04 Å². The minimum absolute atomic E-state index is 0.0492. The summed E-state index contributed by atoms with van der Waals surface area (Å²) in [5.74, 6) is 1.38. The van der Waals surface area contributed by atoms with E-state index in [9.17, 15) is 0 Å². The lowest BCUT2D eigenvalue weighted by Gasteiger charge is -2.23. The lowest BCUT2D eigenvalue weighted by molar-refractivity contribution is 0.410. The van der Waals surface area contributed by atoms with Crippen molar-refractivity contribution in [3.05, 3.63) is 28.3 Å². The zero-order chi connectivity index (χ0) is 13.9. The number of hydrogen-bond acceptors (Lipinski definition) is 3. The third-order valence-electron chi connectivity index (χ3n) is 3.76. The summed E-state index contributed by atoms with van der Waals surface area (Å²) in [5, 5.41) is 0. The van der Waals surface area contributed by atoms with E-state index in [2.05, 4.69) is 33.8 Å². The van der Waals surface area contributed by atoms with Gasteiger partial charge in [-0.05, 0) is 68.0 Å². The molecule has 1 aromatic rings. The standard InChI is InChI=1S/C15H26N2O/c1-9(8-16)6-13(17)15-10(2)7-14(18-5)11(3)12(15)4/h7,9,13H,6,8,16-17H2,1-5H3. The second kappa shape index (κ2) is 6.21. The van der Waals surface area contributed by atoms with Crippen LogP contribution in [0, 0.1) is 26.7 Å². The molecular weight excluding hydrogens is 224 g/mol. The Morgan fingerprint density at radius 3 is 2.33 bits per heavy atom. The number of hydrogen-bond donors (Lipinski definition) is 2. The molecule has 3 heteroatoms. The highest BCUT2D eigenvalue weighted by molar-refractivity contribution is 5.49. The van der Waals surface area contributed by atoms with E-state index in [0.717, 1.165) is 12.2 Å². The summed E-state index contributed by atoms with van der Waals surface area (Å²) in [7, 11) is 1.71. The van der Waals surface area contributed by atoms with E-state index in [-0.39, 0.29) is 6.04 Å². The molecule has 18 heavy (non-hydrogen) atoms. The fourth-order valence-corrected chi connectivity index (χ4v) is 2.50. The van der Waals surface area contributed by atoms with Crippen molar-refractivity contribution in [3.8, 4) is 5.75 Å². The van der Waals surface area contributed by atoms with Gasteiger partial charge in [0.15, 0.2) is 0 Å². The van der Waals surface area contributed by atoms with Gasteiger partial charge in [0.25, 0.3) is 0 Å². The fourth-order valence-electron chi connectivity index (χ4n) is 2.50. The molecule has 2 unspecified atom stereocenters. The normalized spacial score (nSPS) is 14.4. The smallest absolute Gasteiger partial charge is 0.122 e. The van der Waals surface area contributed by atoms with Crippen molar-refractivity contribution in [2.24, 2.45) is 17.4 Å². The van der Waals surface area contributed by atoms with Gasteiger partial charge < -0.3 is 16.2 Å². The monoisotopic (exact) mass is 250 g/mol. The van der Waals surface area contributed by atoms with Crippen LogP contribution in [0.25, 0.3) is 0 Å². The molecule has 0 fully saturated rings. The van der Waals surface area contributed by atoms with Crippen LogP contribution in [-0.4, -0.2) is 13.7 Å². The minimum atomic E-state index is 0.0492. The quantitative estimate of drug-likeness (QED) is 0.844. The lowest BCUT2D eigenvalue weighted by Crippen LogP contribution is -2.21. The predicted octanol–water partition coefficient (Wildman–Crippen LogP) is 2.61. The van der Waals surface area contributed by atoms with Crippen molar-refractivity contribution < 1.29 is 4.74 Å².